The molecule has 0 fully saturated rings. The third-order valence-corrected chi connectivity index (χ3v) is 6.02. The Morgan fingerprint density at radius 1 is 0.786 bits per heavy atom. The molecule has 5 rings (SSSR count). The molecule has 210 valence electrons. The van der Waals surface area contributed by atoms with Crippen molar-refractivity contribution in [3.63, 3.8) is 0 Å². The van der Waals surface area contributed by atoms with E-state index in [1.54, 1.807) is 97.1 Å². The van der Waals surface area contributed by atoms with Gasteiger partial charge in [0.2, 0.25) is 6.79 Å². The van der Waals surface area contributed by atoms with Crippen LogP contribution in [-0.4, -0.2) is 37.9 Å². The van der Waals surface area contributed by atoms with Crippen LogP contribution in [0.2, 0.25) is 0 Å². The number of fused-ring (bicyclic) bond motifs is 1. The van der Waals surface area contributed by atoms with Crippen LogP contribution >= 0.6 is 0 Å². The van der Waals surface area contributed by atoms with Crippen LogP contribution < -0.4 is 29.7 Å². The van der Waals surface area contributed by atoms with E-state index in [0.717, 1.165) is 0 Å². The smallest absolute Gasteiger partial charge is 0.343 e. The van der Waals surface area contributed by atoms with E-state index in [0.29, 0.717) is 39.5 Å². The number of esters is 1. The number of methoxy groups -OCH3 is 1. The molecule has 1 aliphatic heterocycles. The van der Waals surface area contributed by atoms with Crippen molar-refractivity contribution in [2.75, 3.05) is 13.9 Å². The zero-order chi connectivity index (χ0) is 29.3. The zero-order valence-corrected chi connectivity index (χ0v) is 22.4. The van der Waals surface area contributed by atoms with E-state index in [-0.39, 0.29) is 18.2 Å². The van der Waals surface area contributed by atoms with Crippen molar-refractivity contribution in [3.8, 4) is 23.0 Å². The Bertz CT molecular complexity index is 1670. The molecule has 0 saturated carbocycles. The average molecular weight is 564 g/mol. The molecule has 42 heavy (non-hydrogen) atoms. The summed E-state index contributed by atoms with van der Waals surface area (Å²) in [7, 11) is 1.44. The number of carbonyl (C=O) groups excluding carboxylic acids is 3. The van der Waals surface area contributed by atoms with E-state index in [2.05, 4.69) is 15.8 Å². The number of nitrogens with one attached hydrogen (secondary N) is 2. The monoisotopic (exact) mass is 563 g/mol. The molecule has 10 nitrogen and oxygen atoms in total. The summed E-state index contributed by atoms with van der Waals surface area (Å²) in [5.41, 5.74) is 4.33. The van der Waals surface area contributed by atoms with Gasteiger partial charge in [0.15, 0.2) is 23.0 Å². The Hall–Kier alpha value is -5.90. The number of hydrogen-bond donors (Lipinski definition) is 2. The number of rotatable bonds is 9. The van der Waals surface area contributed by atoms with Gasteiger partial charge in [-0.1, -0.05) is 42.5 Å². The predicted octanol–water partition coefficient (Wildman–Crippen LogP) is 4.56. The Morgan fingerprint density at radius 2 is 1.48 bits per heavy atom. The molecule has 4 aromatic carbocycles. The Morgan fingerprint density at radius 3 is 2.21 bits per heavy atom. The highest BCUT2D eigenvalue weighted by Gasteiger charge is 2.17. The average Bonchev–Trinajstić information content (AvgIpc) is 3.50. The fraction of sp³-hybridized carbons (Fsp3) is 0.0625. The number of carbonyl (C=O) groups is 3. The number of benzene rings is 4. The quantitative estimate of drug-likeness (QED) is 0.101. The maximum absolute atomic E-state index is 13.1. The van der Waals surface area contributed by atoms with Gasteiger partial charge in [0, 0.05) is 5.56 Å². The van der Waals surface area contributed by atoms with Crippen molar-refractivity contribution in [1.29, 1.82) is 0 Å². The van der Waals surface area contributed by atoms with E-state index < -0.39 is 17.8 Å². The molecule has 0 bridgehead atoms. The molecule has 0 unspecified atom stereocenters. The molecule has 1 heterocycles. The van der Waals surface area contributed by atoms with Gasteiger partial charge in [0.25, 0.3) is 11.8 Å². The molecular weight excluding hydrogens is 538 g/mol. The second kappa shape index (κ2) is 13.0. The Balaban J connectivity index is 1.31. The highest BCUT2D eigenvalue weighted by atomic mass is 16.7. The number of hydrogen-bond acceptors (Lipinski definition) is 8. The minimum atomic E-state index is -0.659. The topological polar surface area (TPSA) is 125 Å². The van der Waals surface area contributed by atoms with Gasteiger partial charge in [-0.15, -0.1) is 0 Å². The summed E-state index contributed by atoms with van der Waals surface area (Å²) in [5, 5.41) is 6.68. The SMILES string of the molecule is COc1cc(/C=N\NC(=O)/C(=C\c2ccc3c(c2)OCO3)NC(=O)c2ccccc2)ccc1OC(=O)c1ccccc1. The second-order valence-electron chi connectivity index (χ2n) is 8.86. The Labute approximate surface area is 241 Å². The van der Waals surface area contributed by atoms with Gasteiger partial charge >= 0.3 is 5.97 Å². The van der Waals surface area contributed by atoms with Crippen LogP contribution in [-0.2, 0) is 4.79 Å². The first-order chi connectivity index (χ1) is 20.5. The number of amides is 2. The maximum Gasteiger partial charge on any atom is 0.343 e. The van der Waals surface area contributed by atoms with Crippen molar-refractivity contribution < 1.29 is 33.3 Å². The molecule has 4 aromatic rings. The highest BCUT2D eigenvalue weighted by molar-refractivity contribution is 6.05. The lowest BCUT2D eigenvalue weighted by molar-refractivity contribution is -0.117. The summed E-state index contributed by atoms with van der Waals surface area (Å²) < 4.78 is 21.6. The predicted molar refractivity (Wildman–Crippen MR) is 155 cm³/mol. The van der Waals surface area contributed by atoms with Gasteiger partial charge in [-0.3, -0.25) is 9.59 Å². The standard InChI is InChI=1S/C32H25N3O7/c1-39-28-18-22(13-15-27(28)42-32(38)24-10-6-3-7-11-24)19-33-35-31(37)25(34-30(36)23-8-4-2-5-9-23)16-21-12-14-26-29(17-21)41-20-40-26/h2-19H,20H2,1H3,(H,34,36)(H,35,37)/b25-16+,33-19-. The van der Waals surface area contributed by atoms with Crippen LogP contribution in [0.1, 0.15) is 31.8 Å². The van der Waals surface area contributed by atoms with Gasteiger partial charge in [-0.2, -0.15) is 5.10 Å². The second-order valence-corrected chi connectivity index (χ2v) is 8.86. The third-order valence-electron chi connectivity index (χ3n) is 6.02. The van der Waals surface area contributed by atoms with Crippen molar-refractivity contribution in [3.05, 3.63) is 125 Å². The molecule has 0 radical (unpaired) electrons. The van der Waals surface area contributed by atoms with Crippen molar-refractivity contribution in [2.45, 2.75) is 0 Å². The van der Waals surface area contributed by atoms with E-state index in [1.807, 2.05) is 0 Å². The minimum Gasteiger partial charge on any atom is -0.493 e. The van der Waals surface area contributed by atoms with Gasteiger partial charge in [0.1, 0.15) is 5.70 Å². The normalized spacial score (nSPS) is 12.1. The fourth-order valence-electron chi connectivity index (χ4n) is 3.92. The molecule has 10 heteroatoms. The van der Waals surface area contributed by atoms with Crippen LogP contribution in [0.4, 0.5) is 0 Å². The van der Waals surface area contributed by atoms with Gasteiger partial charge < -0.3 is 24.3 Å². The van der Waals surface area contributed by atoms with Gasteiger partial charge in [-0.25, -0.2) is 10.2 Å². The molecule has 2 amide bonds. The van der Waals surface area contributed by atoms with Crippen LogP contribution in [0.3, 0.4) is 0 Å². The lowest BCUT2D eigenvalue weighted by atomic mass is 10.1. The first kappa shape index (κ1) is 27.7. The molecule has 0 aliphatic carbocycles. The summed E-state index contributed by atoms with van der Waals surface area (Å²) >= 11 is 0. The molecule has 0 aromatic heterocycles. The van der Waals surface area contributed by atoms with Crippen molar-refractivity contribution in [1.82, 2.24) is 10.7 Å². The van der Waals surface area contributed by atoms with E-state index in [9.17, 15) is 14.4 Å². The lowest BCUT2D eigenvalue weighted by Crippen LogP contribution is -2.32. The molecule has 1 aliphatic rings. The first-order valence-electron chi connectivity index (χ1n) is 12.8. The first-order valence-corrected chi connectivity index (χ1v) is 12.8. The van der Waals surface area contributed by atoms with Crippen LogP contribution in [0.5, 0.6) is 23.0 Å². The fourth-order valence-corrected chi connectivity index (χ4v) is 3.92. The van der Waals surface area contributed by atoms with Crippen LogP contribution in [0, 0.1) is 0 Å². The van der Waals surface area contributed by atoms with Crippen LogP contribution in [0.15, 0.2) is 108 Å². The molecule has 0 saturated heterocycles. The van der Waals surface area contributed by atoms with E-state index in [4.69, 9.17) is 18.9 Å². The molecule has 0 spiro atoms. The van der Waals surface area contributed by atoms with Crippen LogP contribution in [0.25, 0.3) is 6.08 Å². The zero-order valence-electron chi connectivity index (χ0n) is 22.4. The van der Waals surface area contributed by atoms with Gasteiger partial charge in [0.05, 0.1) is 18.9 Å². The summed E-state index contributed by atoms with van der Waals surface area (Å²) in [5.74, 6) is -0.00382. The van der Waals surface area contributed by atoms with E-state index >= 15 is 0 Å². The highest BCUT2D eigenvalue weighted by Crippen LogP contribution is 2.33. The summed E-state index contributed by atoms with van der Waals surface area (Å²) in [6.07, 6.45) is 2.90. The lowest BCUT2D eigenvalue weighted by Gasteiger charge is -2.10. The number of ether oxygens (including phenoxy) is 4. The molecule has 2 N–H and O–H groups in total. The largest absolute Gasteiger partial charge is 0.493 e. The summed E-state index contributed by atoms with van der Waals surface area (Å²) in [4.78, 5) is 38.4. The number of hydrazone groups is 1. The molecular formula is C32H25N3O7. The van der Waals surface area contributed by atoms with Crippen molar-refractivity contribution in [2.24, 2.45) is 5.10 Å². The summed E-state index contributed by atoms with van der Waals surface area (Å²) in [6, 6.07) is 27.1. The number of nitrogens with zero attached hydrogens (tertiary/aromatic N) is 1. The molecule has 0 atom stereocenters. The van der Waals surface area contributed by atoms with Gasteiger partial charge in [-0.05, 0) is 71.8 Å². The maximum atomic E-state index is 13.1. The summed E-state index contributed by atoms with van der Waals surface area (Å²) in [6.45, 7) is 0.108. The Kier molecular flexibility index (Phi) is 8.54. The van der Waals surface area contributed by atoms with Crippen molar-refractivity contribution >= 4 is 30.1 Å². The van der Waals surface area contributed by atoms with E-state index in [1.165, 1.54) is 19.4 Å². The minimum absolute atomic E-state index is 0.0411. The third kappa shape index (κ3) is 6.80.